The molecule has 1 aromatic rings. The first-order valence-corrected chi connectivity index (χ1v) is 9.28. The lowest BCUT2D eigenvalue weighted by Gasteiger charge is -2.44. The molecular formula is C19H23F3N2O4. The van der Waals surface area contributed by atoms with Crippen LogP contribution in [0.3, 0.4) is 0 Å². The first-order valence-electron chi connectivity index (χ1n) is 9.28. The second-order valence-electron chi connectivity index (χ2n) is 7.20. The molecule has 0 aromatic heterocycles. The summed E-state index contributed by atoms with van der Waals surface area (Å²) in [5.74, 6) is -1.81. The minimum absolute atomic E-state index is 0.0140. The Hall–Kier alpha value is -2.13. The number of hydrogen-bond acceptors (Lipinski definition) is 4. The molecule has 9 heteroatoms. The van der Waals surface area contributed by atoms with Crippen molar-refractivity contribution in [1.82, 2.24) is 9.80 Å². The van der Waals surface area contributed by atoms with Gasteiger partial charge in [0.2, 0.25) is 0 Å². The Morgan fingerprint density at radius 1 is 1.21 bits per heavy atom. The molecule has 2 aliphatic rings. The van der Waals surface area contributed by atoms with E-state index in [1.54, 1.807) is 0 Å². The van der Waals surface area contributed by atoms with E-state index in [1.165, 1.54) is 4.90 Å². The zero-order chi connectivity index (χ0) is 20.5. The summed E-state index contributed by atoms with van der Waals surface area (Å²) in [6.07, 6.45) is -2.60. The average molecular weight is 400 g/mol. The molecule has 2 fully saturated rings. The summed E-state index contributed by atoms with van der Waals surface area (Å²) in [5, 5.41) is 9.55. The van der Waals surface area contributed by atoms with Gasteiger partial charge in [0.05, 0.1) is 12.2 Å². The number of hydrogen-bond donors (Lipinski definition) is 1. The van der Waals surface area contributed by atoms with Crippen molar-refractivity contribution in [2.45, 2.75) is 44.1 Å². The number of ether oxygens (including phenoxy) is 1. The first-order chi connectivity index (χ1) is 13.2. The summed E-state index contributed by atoms with van der Waals surface area (Å²) in [6.45, 7) is 4.17. The molecule has 6 nitrogen and oxygen atoms in total. The highest BCUT2D eigenvalue weighted by Gasteiger charge is 2.54. The molecule has 0 saturated carbocycles. The fourth-order valence-electron chi connectivity index (χ4n) is 3.94. The van der Waals surface area contributed by atoms with E-state index in [2.05, 4.69) is 11.8 Å². The van der Waals surface area contributed by atoms with Crippen LogP contribution in [0.2, 0.25) is 0 Å². The maximum Gasteiger partial charge on any atom is 0.416 e. The minimum Gasteiger partial charge on any atom is -0.480 e. The molecule has 0 radical (unpaired) electrons. The van der Waals surface area contributed by atoms with E-state index in [1.807, 2.05) is 0 Å². The Kier molecular flexibility index (Phi) is 5.67. The normalized spacial score (nSPS) is 22.6. The van der Waals surface area contributed by atoms with Crippen molar-refractivity contribution in [3.63, 3.8) is 0 Å². The van der Waals surface area contributed by atoms with Gasteiger partial charge >= 0.3 is 12.1 Å². The number of piperidine rings is 1. The van der Waals surface area contributed by atoms with Crippen molar-refractivity contribution in [2.75, 3.05) is 26.2 Å². The van der Waals surface area contributed by atoms with E-state index in [4.69, 9.17) is 4.74 Å². The van der Waals surface area contributed by atoms with Gasteiger partial charge in [-0.15, -0.1) is 0 Å². The Morgan fingerprint density at radius 3 is 2.32 bits per heavy atom. The van der Waals surface area contributed by atoms with Gasteiger partial charge in [0, 0.05) is 31.5 Å². The number of rotatable bonds is 4. The summed E-state index contributed by atoms with van der Waals surface area (Å²) in [6, 6.07) is 2.67. The number of alkyl halides is 3. The van der Waals surface area contributed by atoms with Gasteiger partial charge in [-0.1, -0.05) is 6.92 Å². The number of carbonyl (C=O) groups excluding carboxylic acids is 1. The highest BCUT2D eigenvalue weighted by molar-refractivity contribution is 5.97. The number of amides is 1. The predicted molar refractivity (Wildman–Crippen MR) is 93.7 cm³/mol. The fraction of sp³-hybridized carbons (Fsp3) is 0.579. The highest BCUT2D eigenvalue weighted by Crippen LogP contribution is 2.39. The summed E-state index contributed by atoms with van der Waals surface area (Å²) in [5.41, 5.74) is -1.88. The standard InChI is InChI=1S/C19H23F3N2O4/c1-2-9-23-10-7-18(8-11-23)24(15(12-28-18)17(26)27)16(25)13-3-5-14(6-4-13)19(20,21)22/h3-6,15H,2,7-12H2,1H3,(H,26,27)/t15-/m0/s1. The van der Waals surface area contributed by atoms with Crippen LogP contribution in [0.5, 0.6) is 0 Å². The van der Waals surface area contributed by atoms with E-state index in [-0.39, 0.29) is 12.2 Å². The molecule has 1 amide bonds. The molecule has 2 heterocycles. The van der Waals surface area contributed by atoms with Crippen molar-refractivity contribution < 1.29 is 32.6 Å². The lowest BCUT2D eigenvalue weighted by atomic mass is 9.96. The third-order valence-electron chi connectivity index (χ3n) is 5.40. The number of aliphatic carboxylic acids is 1. The van der Waals surface area contributed by atoms with Gasteiger partial charge in [-0.25, -0.2) is 4.79 Å². The van der Waals surface area contributed by atoms with Crippen molar-refractivity contribution >= 4 is 11.9 Å². The maximum absolute atomic E-state index is 13.1. The average Bonchev–Trinajstić information content (AvgIpc) is 3.02. The third-order valence-corrected chi connectivity index (χ3v) is 5.40. The number of carboxylic acid groups (broad SMARTS) is 1. The maximum atomic E-state index is 13.1. The number of carboxylic acids is 1. The monoisotopic (exact) mass is 400 g/mol. The van der Waals surface area contributed by atoms with E-state index < -0.39 is 35.4 Å². The van der Waals surface area contributed by atoms with Crippen LogP contribution in [0.4, 0.5) is 13.2 Å². The summed E-state index contributed by atoms with van der Waals surface area (Å²) in [7, 11) is 0. The van der Waals surface area contributed by atoms with E-state index in [0.717, 1.165) is 37.2 Å². The molecular weight excluding hydrogens is 377 g/mol. The number of halogens is 3. The van der Waals surface area contributed by atoms with Crippen LogP contribution in [0.1, 0.15) is 42.1 Å². The van der Waals surface area contributed by atoms with E-state index in [9.17, 15) is 27.9 Å². The number of likely N-dealkylation sites (tertiary alicyclic amines) is 1. The molecule has 0 bridgehead atoms. The second-order valence-corrected chi connectivity index (χ2v) is 7.20. The van der Waals surface area contributed by atoms with Crippen molar-refractivity contribution in [3.05, 3.63) is 35.4 Å². The molecule has 1 atom stereocenters. The molecule has 28 heavy (non-hydrogen) atoms. The van der Waals surface area contributed by atoms with Gasteiger partial charge in [0.25, 0.3) is 5.91 Å². The fourth-order valence-corrected chi connectivity index (χ4v) is 3.94. The second kappa shape index (κ2) is 7.71. The first kappa shape index (κ1) is 20.6. The minimum atomic E-state index is -4.50. The highest BCUT2D eigenvalue weighted by atomic mass is 19.4. The molecule has 1 aromatic carbocycles. The van der Waals surface area contributed by atoms with Gasteiger partial charge in [0.15, 0.2) is 6.04 Å². The van der Waals surface area contributed by atoms with Crippen LogP contribution in [-0.2, 0) is 15.7 Å². The summed E-state index contributed by atoms with van der Waals surface area (Å²) >= 11 is 0. The number of benzene rings is 1. The largest absolute Gasteiger partial charge is 0.480 e. The van der Waals surface area contributed by atoms with E-state index in [0.29, 0.717) is 25.9 Å². The topological polar surface area (TPSA) is 70.1 Å². The molecule has 154 valence electrons. The van der Waals surface area contributed by atoms with Crippen LogP contribution in [0.25, 0.3) is 0 Å². The molecule has 2 saturated heterocycles. The number of nitrogens with zero attached hydrogens (tertiary/aromatic N) is 2. The molecule has 1 spiro atoms. The Bertz CT molecular complexity index is 728. The molecule has 0 aliphatic carbocycles. The summed E-state index contributed by atoms with van der Waals surface area (Å²) < 4.78 is 44.2. The van der Waals surface area contributed by atoms with Gasteiger partial charge in [-0.2, -0.15) is 13.2 Å². The molecule has 0 unspecified atom stereocenters. The van der Waals surface area contributed by atoms with Crippen LogP contribution in [0, 0.1) is 0 Å². The van der Waals surface area contributed by atoms with E-state index >= 15 is 0 Å². The Balaban J connectivity index is 1.86. The Morgan fingerprint density at radius 2 is 1.82 bits per heavy atom. The zero-order valence-electron chi connectivity index (χ0n) is 15.5. The van der Waals surface area contributed by atoms with Crippen LogP contribution >= 0.6 is 0 Å². The lowest BCUT2D eigenvalue weighted by molar-refractivity contribution is -0.143. The van der Waals surface area contributed by atoms with Crippen molar-refractivity contribution in [1.29, 1.82) is 0 Å². The number of carbonyl (C=O) groups is 2. The van der Waals surface area contributed by atoms with Gasteiger partial charge in [-0.05, 0) is 37.2 Å². The zero-order valence-corrected chi connectivity index (χ0v) is 15.5. The quantitative estimate of drug-likeness (QED) is 0.842. The molecule has 1 N–H and O–H groups in total. The third kappa shape index (κ3) is 3.86. The van der Waals surface area contributed by atoms with Crippen molar-refractivity contribution in [2.24, 2.45) is 0 Å². The van der Waals surface area contributed by atoms with Crippen LogP contribution in [-0.4, -0.2) is 64.8 Å². The van der Waals surface area contributed by atoms with Crippen LogP contribution < -0.4 is 0 Å². The van der Waals surface area contributed by atoms with Gasteiger partial charge < -0.3 is 14.7 Å². The van der Waals surface area contributed by atoms with Gasteiger partial charge in [-0.3, -0.25) is 9.69 Å². The summed E-state index contributed by atoms with van der Waals surface area (Å²) in [4.78, 5) is 28.2. The van der Waals surface area contributed by atoms with Crippen molar-refractivity contribution in [3.8, 4) is 0 Å². The predicted octanol–water partition coefficient (Wildman–Crippen LogP) is 2.83. The smallest absolute Gasteiger partial charge is 0.416 e. The SMILES string of the molecule is CCCN1CCC2(CC1)OC[C@@H](C(=O)O)N2C(=O)c1ccc(C(F)(F)F)cc1. The lowest BCUT2D eigenvalue weighted by Crippen LogP contribution is -2.58. The van der Waals surface area contributed by atoms with Crippen LogP contribution in [0.15, 0.2) is 24.3 Å². The molecule has 3 rings (SSSR count). The molecule has 2 aliphatic heterocycles. The Labute approximate surface area is 160 Å². The van der Waals surface area contributed by atoms with Gasteiger partial charge in [0.1, 0.15) is 5.72 Å².